The zero-order chi connectivity index (χ0) is 18.4. The predicted octanol–water partition coefficient (Wildman–Crippen LogP) is -0.226. The fraction of sp³-hybridized carbons (Fsp3) is 0.529. The van der Waals surface area contributed by atoms with E-state index in [1.54, 1.807) is 4.90 Å². The highest BCUT2D eigenvalue weighted by molar-refractivity contribution is 5.92. The molecule has 0 spiro atoms. The number of hydrogen-bond donors (Lipinski definition) is 0. The molecule has 9 nitrogen and oxygen atoms in total. The molecule has 2 aromatic heterocycles. The van der Waals surface area contributed by atoms with E-state index in [4.69, 9.17) is 9.15 Å². The summed E-state index contributed by atoms with van der Waals surface area (Å²) in [6, 6.07) is 1.20. The molecule has 0 saturated carbocycles. The molecule has 1 atom stereocenters. The lowest BCUT2D eigenvalue weighted by Crippen LogP contribution is -2.43. The van der Waals surface area contributed by atoms with Crippen molar-refractivity contribution in [2.75, 3.05) is 19.8 Å². The molecule has 1 amide bonds. The fourth-order valence-electron chi connectivity index (χ4n) is 3.40. The molecule has 4 heterocycles. The molecule has 0 radical (unpaired) electrons. The van der Waals surface area contributed by atoms with Crippen molar-refractivity contribution in [1.29, 1.82) is 0 Å². The number of aromatic nitrogens is 3. The van der Waals surface area contributed by atoms with Crippen LogP contribution in [0.3, 0.4) is 0 Å². The largest absolute Gasteiger partial charge is 0.445 e. The Morgan fingerprint density at radius 2 is 2.08 bits per heavy atom. The lowest BCUT2D eigenvalue weighted by molar-refractivity contribution is 0.0715. The summed E-state index contributed by atoms with van der Waals surface area (Å²) in [5.41, 5.74) is -0.211. The van der Waals surface area contributed by atoms with Crippen LogP contribution in [0.15, 0.2) is 20.1 Å². The first kappa shape index (κ1) is 16.8. The van der Waals surface area contributed by atoms with Crippen molar-refractivity contribution < 1.29 is 13.9 Å². The number of carbonyl (C=O) groups is 1. The standard InChI is InChI=1S/C17H20N4O5/c1-19-12(7-14(22)20(2)17(19)24)16(23)21-5-3-13-11(8-21)18-15(26-13)10-4-6-25-9-10/h7,10H,3-6,8-9H2,1-2H3. The molecule has 9 heteroatoms. The molecular formula is C17H20N4O5. The fourth-order valence-corrected chi connectivity index (χ4v) is 3.40. The molecule has 2 aliphatic rings. The molecule has 1 fully saturated rings. The summed E-state index contributed by atoms with van der Waals surface area (Å²) < 4.78 is 13.4. The summed E-state index contributed by atoms with van der Waals surface area (Å²) in [5.74, 6) is 1.28. The van der Waals surface area contributed by atoms with Gasteiger partial charge in [-0.3, -0.25) is 18.7 Å². The van der Waals surface area contributed by atoms with Gasteiger partial charge in [-0.15, -0.1) is 0 Å². The van der Waals surface area contributed by atoms with Gasteiger partial charge in [0.25, 0.3) is 11.5 Å². The van der Waals surface area contributed by atoms with E-state index in [1.807, 2.05) is 0 Å². The third kappa shape index (κ3) is 2.68. The molecule has 0 aliphatic carbocycles. The van der Waals surface area contributed by atoms with E-state index < -0.39 is 11.2 Å². The highest BCUT2D eigenvalue weighted by atomic mass is 16.5. The van der Waals surface area contributed by atoms with Gasteiger partial charge in [0.15, 0.2) is 5.89 Å². The smallest absolute Gasteiger partial charge is 0.331 e. The second-order valence-corrected chi connectivity index (χ2v) is 6.73. The summed E-state index contributed by atoms with van der Waals surface area (Å²) in [5, 5.41) is 0. The lowest BCUT2D eigenvalue weighted by atomic mass is 10.1. The minimum Gasteiger partial charge on any atom is -0.445 e. The van der Waals surface area contributed by atoms with Crippen LogP contribution in [0.2, 0.25) is 0 Å². The van der Waals surface area contributed by atoms with Gasteiger partial charge in [-0.2, -0.15) is 0 Å². The van der Waals surface area contributed by atoms with Crippen molar-refractivity contribution in [1.82, 2.24) is 19.0 Å². The number of fused-ring (bicyclic) bond motifs is 1. The highest BCUT2D eigenvalue weighted by Crippen LogP contribution is 2.29. The van der Waals surface area contributed by atoms with Crippen LogP contribution in [0.25, 0.3) is 0 Å². The van der Waals surface area contributed by atoms with Gasteiger partial charge in [-0.1, -0.05) is 0 Å². The maximum Gasteiger partial charge on any atom is 0.331 e. The Morgan fingerprint density at radius 1 is 1.27 bits per heavy atom. The van der Waals surface area contributed by atoms with Crippen molar-refractivity contribution >= 4 is 5.91 Å². The van der Waals surface area contributed by atoms with Crippen molar-refractivity contribution in [2.24, 2.45) is 14.1 Å². The first-order valence-corrected chi connectivity index (χ1v) is 8.58. The van der Waals surface area contributed by atoms with E-state index in [-0.39, 0.29) is 17.5 Å². The molecular weight excluding hydrogens is 340 g/mol. The zero-order valence-electron chi connectivity index (χ0n) is 14.7. The number of oxazole rings is 1. The Kier molecular flexibility index (Phi) is 4.03. The van der Waals surface area contributed by atoms with E-state index in [1.165, 1.54) is 24.7 Å². The minimum absolute atomic E-state index is 0.0782. The molecule has 1 unspecified atom stereocenters. The monoisotopic (exact) mass is 360 g/mol. The van der Waals surface area contributed by atoms with Crippen molar-refractivity contribution in [2.45, 2.75) is 25.3 Å². The summed E-state index contributed by atoms with van der Waals surface area (Å²) in [6.45, 7) is 2.07. The van der Waals surface area contributed by atoms with Crippen molar-refractivity contribution in [3.8, 4) is 0 Å². The van der Waals surface area contributed by atoms with E-state index in [2.05, 4.69) is 4.98 Å². The maximum absolute atomic E-state index is 12.8. The topological polar surface area (TPSA) is 99.6 Å². The molecule has 0 bridgehead atoms. The lowest BCUT2D eigenvalue weighted by Gasteiger charge is -2.26. The molecule has 2 aromatic rings. The molecule has 1 saturated heterocycles. The van der Waals surface area contributed by atoms with Crippen LogP contribution < -0.4 is 11.2 Å². The van der Waals surface area contributed by atoms with Crippen LogP contribution >= 0.6 is 0 Å². The number of carbonyl (C=O) groups excluding carboxylic acids is 1. The first-order chi connectivity index (χ1) is 12.5. The third-order valence-electron chi connectivity index (χ3n) is 5.06. The average Bonchev–Trinajstić information content (AvgIpc) is 3.30. The molecule has 0 N–H and O–H groups in total. The van der Waals surface area contributed by atoms with E-state index in [9.17, 15) is 14.4 Å². The van der Waals surface area contributed by atoms with Gasteiger partial charge >= 0.3 is 5.69 Å². The van der Waals surface area contributed by atoms with Gasteiger partial charge < -0.3 is 14.1 Å². The van der Waals surface area contributed by atoms with Crippen LogP contribution in [0.1, 0.15) is 40.2 Å². The summed E-state index contributed by atoms with van der Waals surface area (Å²) in [7, 11) is 2.87. The Morgan fingerprint density at radius 3 is 2.81 bits per heavy atom. The van der Waals surface area contributed by atoms with Crippen LogP contribution in [0.4, 0.5) is 0 Å². The van der Waals surface area contributed by atoms with E-state index in [0.717, 1.165) is 22.4 Å². The number of nitrogens with zero attached hydrogens (tertiary/aromatic N) is 4. The highest BCUT2D eigenvalue weighted by Gasteiger charge is 2.30. The number of ether oxygens (including phenoxy) is 1. The van der Waals surface area contributed by atoms with Gasteiger partial charge in [-0.05, 0) is 6.42 Å². The summed E-state index contributed by atoms with van der Waals surface area (Å²) in [6.07, 6.45) is 1.44. The number of hydrogen-bond acceptors (Lipinski definition) is 6. The first-order valence-electron chi connectivity index (χ1n) is 8.58. The van der Waals surface area contributed by atoms with Gasteiger partial charge in [-0.25, -0.2) is 9.78 Å². The second-order valence-electron chi connectivity index (χ2n) is 6.73. The normalized spacial score (nSPS) is 19.6. The summed E-state index contributed by atoms with van der Waals surface area (Å²) >= 11 is 0. The van der Waals surface area contributed by atoms with Crippen molar-refractivity contribution in [3.05, 3.63) is 49.9 Å². The van der Waals surface area contributed by atoms with Crippen LogP contribution in [-0.2, 0) is 31.8 Å². The number of rotatable bonds is 2. The predicted molar refractivity (Wildman–Crippen MR) is 90.0 cm³/mol. The maximum atomic E-state index is 12.8. The Labute approximate surface area is 148 Å². The Balaban J connectivity index is 1.60. The van der Waals surface area contributed by atoms with Gasteiger partial charge in [0.2, 0.25) is 0 Å². The zero-order valence-corrected chi connectivity index (χ0v) is 14.7. The van der Waals surface area contributed by atoms with Gasteiger partial charge in [0.1, 0.15) is 17.1 Å². The molecule has 2 aliphatic heterocycles. The average molecular weight is 360 g/mol. The molecule has 138 valence electrons. The van der Waals surface area contributed by atoms with Gasteiger partial charge in [0.05, 0.1) is 19.1 Å². The van der Waals surface area contributed by atoms with Crippen LogP contribution in [-0.4, -0.2) is 44.7 Å². The third-order valence-corrected chi connectivity index (χ3v) is 5.06. The summed E-state index contributed by atoms with van der Waals surface area (Å²) in [4.78, 5) is 42.9. The Hall–Kier alpha value is -2.68. The van der Waals surface area contributed by atoms with E-state index >= 15 is 0 Å². The Bertz CT molecular complexity index is 980. The quantitative estimate of drug-likeness (QED) is 0.734. The SMILES string of the molecule is Cn1c(C(=O)N2CCc3oc(C4CCOC4)nc3C2)cc(=O)n(C)c1=O. The van der Waals surface area contributed by atoms with Crippen LogP contribution in [0.5, 0.6) is 0 Å². The van der Waals surface area contributed by atoms with Crippen LogP contribution in [0, 0.1) is 0 Å². The van der Waals surface area contributed by atoms with Crippen molar-refractivity contribution in [3.63, 3.8) is 0 Å². The minimum atomic E-state index is -0.525. The molecule has 0 aromatic carbocycles. The van der Waals surface area contributed by atoms with E-state index in [0.29, 0.717) is 38.6 Å². The second kappa shape index (κ2) is 6.24. The molecule has 26 heavy (non-hydrogen) atoms. The number of amides is 1. The van der Waals surface area contributed by atoms with Gasteiger partial charge in [0, 0.05) is 39.7 Å². The molecule has 4 rings (SSSR count).